The van der Waals surface area contributed by atoms with Gasteiger partial charge in [0.1, 0.15) is 0 Å². The molecule has 1 fully saturated rings. The normalized spacial score (nSPS) is 17.3. The van der Waals surface area contributed by atoms with Crippen molar-refractivity contribution in [1.29, 1.82) is 0 Å². The first-order valence-electron chi connectivity index (χ1n) is 5.07. The van der Waals surface area contributed by atoms with E-state index >= 15 is 0 Å². The van der Waals surface area contributed by atoms with Gasteiger partial charge in [-0.3, -0.25) is 9.88 Å². The van der Waals surface area contributed by atoms with Gasteiger partial charge in [0.25, 0.3) is 0 Å². The molecule has 1 heterocycles. The zero-order valence-electron chi connectivity index (χ0n) is 8.16. The smallest absolute Gasteiger partial charge is 0.0794 e. The Balaban J connectivity index is 1.89. The maximum atomic E-state index is 5.81. The number of nitrogens with zero attached hydrogens (tertiary/aromatic N) is 2. The summed E-state index contributed by atoms with van der Waals surface area (Å²) in [6, 6.07) is 0.774. The third-order valence-electron chi connectivity index (χ3n) is 2.81. The zero-order valence-corrected chi connectivity index (χ0v) is 9.73. The van der Waals surface area contributed by atoms with Gasteiger partial charge >= 0.3 is 0 Å². The molecule has 0 spiro atoms. The lowest BCUT2D eigenvalue weighted by molar-refractivity contribution is 0.128. The van der Waals surface area contributed by atoms with Crippen molar-refractivity contribution in [3.8, 4) is 0 Å². The lowest BCUT2D eigenvalue weighted by Gasteiger charge is -2.36. The van der Waals surface area contributed by atoms with Gasteiger partial charge in [0.2, 0.25) is 0 Å². The van der Waals surface area contributed by atoms with Crippen molar-refractivity contribution < 1.29 is 0 Å². The molecule has 1 aliphatic rings. The van der Waals surface area contributed by atoms with Gasteiger partial charge in [0.15, 0.2) is 0 Å². The minimum Gasteiger partial charge on any atom is -0.294 e. The molecule has 78 valence electrons. The van der Waals surface area contributed by atoms with E-state index in [1.54, 1.807) is 11.3 Å². The Morgan fingerprint density at radius 3 is 2.93 bits per heavy atom. The fourth-order valence-electron chi connectivity index (χ4n) is 1.77. The quantitative estimate of drug-likeness (QED) is 0.724. The van der Waals surface area contributed by atoms with Gasteiger partial charge in [0.05, 0.1) is 5.51 Å². The summed E-state index contributed by atoms with van der Waals surface area (Å²) >= 11 is 7.54. The highest BCUT2D eigenvalue weighted by Gasteiger charge is 2.24. The van der Waals surface area contributed by atoms with E-state index in [-0.39, 0.29) is 0 Å². The van der Waals surface area contributed by atoms with Crippen LogP contribution in [0.4, 0.5) is 0 Å². The second-order valence-corrected chi connectivity index (χ2v) is 5.06. The average Bonchev–Trinajstić information content (AvgIpc) is 2.54. The van der Waals surface area contributed by atoms with Crippen molar-refractivity contribution in [2.45, 2.75) is 31.8 Å². The van der Waals surface area contributed by atoms with E-state index in [1.807, 2.05) is 11.7 Å². The monoisotopic (exact) mass is 230 g/mol. The summed E-state index contributed by atoms with van der Waals surface area (Å²) < 4.78 is 0. The van der Waals surface area contributed by atoms with Crippen molar-refractivity contribution in [3.63, 3.8) is 0 Å². The molecule has 1 aromatic rings. The second-order valence-electron chi connectivity index (χ2n) is 3.71. The molecular weight excluding hydrogens is 216 g/mol. The molecule has 2 nitrogen and oxygen atoms in total. The predicted octanol–water partition coefficient (Wildman–Crippen LogP) is 2.74. The van der Waals surface area contributed by atoms with E-state index in [0.29, 0.717) is 0 Å². The standard InChI is InChI=1S/C10H15ClN2S/c11-4-5-13(9-2-1-3-9)7-10-6-12-8-14-10/h6,8-9H,1-5,7H2. The van der Waals surface area contributed by atoms with Gasteiger partial charge < -0.3 is 0 Å². The minimum absolute atomic E-state index is 0.731. The molecule has 0 amide bonds. The molecule has 0 bridgehead atoms. The lowest BCUT2D eigenvalue weighted by Crippen LogP contribution is -2.40. The fraction of sp³-hybridized carbons (Fsp3) is 0.700. The molecular formula is C10H15ClN2S. The molecule has 1 aliphatic carbocycles. The van der Waals surface area contributed by atoms with E-state index in [9.17, 15) is 0 Å². The summed E-state index contributed by atoms with van der Waals surface area (Å²) in [6.45, 7) is 2.03. The van der Waals surface area contributed by atoms with Gasteiger partial charge in [0, 0.05) is 36.1 Å². The highest BCUT2D eigenvalue weighted by Crippen LogP contribution is 2.26. The third kappa shape index (κ3) is 2.47. The summed E-state index contributed by atoms with van der Waals surface area (Å²) in [6.07, 6.45) is 6.03. The molecule has 2 rings (SSSR count). The Kier molecular flexibility index (Phi) is 3.79. The van der Waals surface area contributed by atoms with E-state index in [2.05, 4.69) is 9.88 Å². The molecule has 0 aliphatic heterocycles. The summed E-state index contributed by atoms with van der Waals surface area (Å²) in [4.78, 5) is 7.94. The number of halogens is 1. The molecule has 0 atom stereocenters. The van der Waals surface area contributed by atoms with E-state index in [1.165, 1.54) is 24.1 Å². The number of hydrogen-bond acceptors (Lipinski definition) is 3. The van der Waals surface area contributed by atoms with Crippen LogP contribution in [0.1, 0.15) is 24.1 Å². The molecule has 1 saturated carbocycles. The van der Waals surface area contributed by atoms with Crippen molar-refractivity contribution in [2.24, 2.45) is 0 Å². The number of alkyl halides is 1. The summed E-state index contributed by atoms with van der Waals surface area (Å²) in [7, 11) is 0. The molecule has 14 heavy (non-hydrogen) atoms. The van der Waals surface area contributed by atoms with Crippen LogP contribution in [-0.2, 0) is 6.54 Å². The average molecular weight is 231 g/mol. The Bertz CT molecular complexity index is 259. The molecule has 0 N–H and O–H groups in total. The highest BCUT2D eigenvalue weighted by atomic mass is 35.5. The first-order chi connectivity index (χ1) is 6.90. The second kappa shape index (κ2) is 5.10. The molecule has 0 aromatic carbocycles. The van der Waals surface area contributed by atoms with Crippen LogP contribution in [0, 0.1) is 0 Å². The van der Waals surface area contributed by atoms with Crippen LogP contribution < -0.4 is 0 Å². The van der Waals surface area contributed by atoms with E-state index in [0.717, 1.165) is 25.0 Å². The SMILES string of the molecule is ClCCN(Cc1cncs1)C1CCC1. The van der Waals surface area contributed by atoms with Crippen LogP contribution in [0.15, 0.2) is 11.7 Å². The number of rotatable bonds is 5. The lowest BCUT2D eigenvalue weighted by atomic mass is 9.91. The first kappa shape index (κ1) is 10.4. The Morgan fingerprint density at radius 1 is 1.57 bits per heavy atom. The fourth-order valence-corrected chi connectivity index (χ4v) is 2.61. The molecule has 0 unspecified atom stereocenters. The molecule has 1 aromatic heterocycles. The van der Waals surface area contributed by atoms with E-state index < -0.39 is 0 Å². The summed E-state index contributed by atoms with van der Waals surface area (Å²) in [5.41, 5.74) is 1.90. The Labute approximate surface area is 93.9 Å². The number of hydrogen-bond donors (Lipinski definition) is 0. The molecule has 0 saturated heterocycles. The van der Waals surface area contributed by atoms with Crippen molar-refractivity contribution in [1.82, 2.24) is 9.88 Å². The predicted molar refractivity (Wildman–Crippen MR) is 60.9 cm³/mol. The maximum Gasteiger partial charge on any atom is 0.0794 e. The van der Waals surface area contributed by atoms with Crippen molar-refractivity contribution in [3.05, 3.63) is 16.6 Å². The molecule has 4 heteroatoms. The number of thiazole rings is 1. The van der Waals surface area contributed by atoms with Crippen LogP contribution in [0.3, 0.4) is 0 Å². The summed E-state index contributed by atoms with van der Waals surface area (Å²) in [5.74, 6) is 0.731. The van der Waals surface area contributed by atoms with Crippen molar-refractivity contribution >= 4 is 22.9 Å². The maximum absolute atomic E-state index is 5.81. The van der Waals surface area contributed by atoms with Crippen molar-refractivity contribution in [2.75, 3.05) is 12.4 Å². The van der Waals surface area contributed by atoms with Crippen LogP contribution in [-0.4, -0.2) is 28.4 Å². The molecule has 0 radical (unpaired) electrons. The first-order valence-corrected chi connectivity index (χ1v) is 6.49. The Morgan fingerprint density at radius 2 is 2.43 bits per heavy atom. The van der Waals surface area contributed by atoms with Gasteiger partial charge in [-0.25, -0.2) is 0 Å². The van der Waals surface area contributed by atoms with Gasteiger partial charge in [-0.2, -0.15) is 0 Å². The third-order valence-corrected chi connectivity index (χ3v) is 3.74. The zero-order chi connectivity index (χ0) is 9.80. The van der Waals surface area contributed by atoms with Gasteiger partial charge in [-0.15, -0.1) is 22.9 Å². The van der Waals surface area contributed by atoms with Crippen LogP contribution in [0.25, 0.3) is 0 Å². The topological polar surface area (TPSA) is 16.1 Å². The van der Waals surface area contributed by atoms with E-state index in [4.69, 9.17) is 11.6 Å². The Hall–Kier alpha value is -0.120. The van der Waals surface area contributed by atoms with Crippen LogP contribution >= 0.6 is 22.9 Å². The summed E-state index contributed by atoms with van der Waals surface area (Å²) in [5, 5.41) is 0. The van der Waals surface area contributed by atoms with Gasteiger partial charge in [-0.05, 0) is 12.8 Å². The van der Waals surface area contributed by atoms with Gasteiger partial charge in [-0.1, -0.05) is 6.42 Å². The van der Waals surface area contributed by atoms with Crippen LogP contribution in [0.2, 0.25) is 0 Å². The minimum atomic E-state index is 0.731. The van der Waals surface area contributed by atoms with Crippen LogP contribution in [0.5, 0.6) is 0 Å². The largest absolute Gasteiger partial charge is 0.294 e. The highest BCUT2D eigenvalue weighted by molar-refractivity contribution is 7.09. The number of aromatic nitrogens is 1.